The fourth-order valence-corrected chi connectivity index (χ4v) is 3.91. The fraction of sp³-hybridized carbons (Fsp3) is 0.0952. The Morgan fingerprint density at radius 3 is 2.61 bits per heavy atom. The van der Waals surface area contributed by atoms with Gasteiger partial charge >= 0.3 is 6.18 Å². The molecule has 0 saturated carbocycles. The smallest absolute Gasteiger partial charge is 0.418 e. The first-order valence-electron chi connectivity index (χ1n) is 8.92. The number of anilines is 1. The molecule has 4 rings (SSSR count). The second-order valence-corrected chi connectivity index (χ2v) is 7.72. The van der Waals surface area contributed by atoms with Gasteiger partial charge in [0.2, 0.25) is 5.91 Å². The summed E-state index contributed by atoms with van der Waals surface area (Å²) in [4.78, 5) is 21.4. The van der Waals surface area contributed by atoms with Crippen LogP contribution in [0.5, 0.6) is 0 Å². The molecule has 0 aliphatic heterocycles. The van der Waals surface area contributed by atoms with Crippen molar-refractivity contribution in [2.45, 2.75) is 11.2 Å². The van der Waals surface area contributed by atoms with Crippen LogP contribution in [0, 0.1) is 0 Å². The van der Waals surface area contributed by atoms with Crippen LogP contribution in [0.2, 0.25) is 5.02 Å². The first kappa shape index (κ1) is 21.2. The van der Waals surface area contributed by atoms with Crippen LogP contribution in [0.15, 0.2) is 70.3 Å². The molecule has 31 heavy (non-hydrogen) atoms. The number of alkyl halides is 3. The molecule has 5 nitrogen and oxygen atoms in total. The fourth-order valence-electron chi connectivity index (χ4n) is 2.87. The highest BCUT2D eigenvalue weighted by molar-refractivity contribution is 8.00. The van der Waals surface area contributed by atoms with E-state index >= 15 is 0 Å². The van der Waals surface area contributed by atoms with Crippen molar-refractivity contribution in [1.82, 2.24) is 9.97 Å². The normalized spacial score (nSPS) is 11.6. The summed E-state index contributed by atoms with van der Waals surface area (Å²) in [6.07, 6.45) is -3.16. The second-order valence-electron chi connectivity index (χ2n) is 6.34. The average Bonchev–Trinajstić information content (AvgIpc) is 3.27. The zero-order valence-electron chi connectivity index (χ0n) is 15.6. The predicted octanol–water partition coefficient (Wildman–Crippen LogP) is 6.29. The molecule has 158 valence electrons. The monoisotopic (exact) mass is 463 g/mol. The number of rotatable bonds is 5. The van der Waals surface area contributed by atoms with E-state index in [0.717, 1.165) is 17.8 Å². The third-order valence-electron chi connectivity index (χ3n) is 4.23. The molecule has 0 unspecified atom stereocenters. The van der Waals surface area contributed by atoms with E-state index in [1.165, 1.54) is 18.4 Å². The van der Waals surface area contributed by atoms with Gasteiger partial charge < -0.3 is 9.73 Å². The van der Waals surface area contributed by atoms with E-state index in [2.05, 4.69) is 15.3 Å². The van der Waals surface area contributed by atoms with Gasteiger partial charge in [-0.2, -0.15) is 13.2 Å². The zero-order chi connectivity index (χ0) is 22.0. The maximum atomic E-state index is 13.2. The summed E-state index contributed by atoms with van der Waals surface area (Å²) in [7, 11) is 0. The van der Waals surface area contributed by atoms with Crippen LogP contribution >= 0.6 is 23.4 Å². The summed E-state index contributed by atoms with van der Waals surface area (Å²) >= 11 is 6.98. The lowest BCUT2D eigenvalue weighted by Gasteiger charge is -2.15. The standard InChI is InChI=1S/C21H13ClF3N3O2S/c22-14-7-3-6-13(21(23,24)25)18(14)27-17(29)11-31-20-12-5-1-2-8-15(12)26-19(28-20)16-9-4-10-30-16/h1-10H,11H2,(H,27,29). The van der Waals surface area contributed by atoms with Gasteiger partial charge in [0.15, 0.2) is 11.6 Å². The molecule has 10 heteroatoms. The number of para-hydroxylation sites is 2. The molecule has 0 radical (unpaired) electrons. The van der Waals surface area contributed by atoms with E-state index in [-0.39, 0.29) is 10.8 Å². The number of hydrogen-bond donors (Lipinski definition) is 1. The molecular weight excluding hydrogens is 451 g/mol. The van der Waals surface area contributed by atoms with E-state index in [1.807, 2.05) is 12.1 Å². The van der Waals surface area contributed by atoms with Crippen molar-refractivity contribution in [3.8, 4) is 11.6 Å². The third kappa shape index (κ3) is 4.67. The van der Waals surface area contributed by atoms with Gasteiger partial charge in [0, 0.05) is 5.39 Å². The summed E-state index contributed by atoms with van der Waals surface area (Å²) in [5.41, 5.74) is -0.825. The van der Waals surface area contributed by atoms with Gasteiger partial charge in [-0.15, -0.1) is 0 Å². The molecule has 0 saturated heterocycles. The lowest BCUT2D eigenvalue weighted by molar-refractivity contribution is -0.137. The molecule has 1 N–H and O–H groups in total. The molecule has 0 bridgehead atoms. The Morgan fingerprint density at radius 1 is 1.06 bits per heavy atom. The SMILES string of the molecule is O=C(CSc1nc(-c2ccco2)nc2ccccc12)Nc1c(Cl)cccc1C(F)(F)F. The van der Waals surface area contributed by atoms with E-state index in [4.69, 9.17) is 16.0 Å². The minimum atomic E-state index is -4.65. The number of furan rings is 1. The lowest BCUT2D eigenvalue weighted by atomic mass is 10.1. The maximum Gasteiger partial charge on any atom is 0.418 e. The molecule has 1 amide bonds. The number of halogens is 4. The Bertz CT molecular complexity index is 1250. The van der Waals surface area contributed by atoms with Crippen LogP contribution in [-0.2, 0) is 11.0 Å². The molecule has 2 heterocycles. The van der Waals surface area contributed by atoms with Crippen LogP contribution in [0.25, 0.3) is 22.5 Å². The minimum Gasteiger partial charge on any atom is -0.461 e. The summed E-state index contributed by atoms with van der Waals surface area (Å²) in [5, 5.41) is 3.29. The van der Waals surface area contributed by atoms with E-state index in [0.29, 0.717) is 27.5 Å². The first-order valence-corrected chi connectivity index (χ1v) is 10.3. The summed E-state index contributed by atoms with van der Waals surface area (Å²) in [5.74, 6) is -0.0212. The average molecular weight is 464 g/mol. The quantitative estimate of drug-likeness (QED) is 0.278. The van der Waals surface area contributed by atoms with Gasteiger partial charge in [-0.1, -0.05) is 47.6 Å². The Morgan fingerprint density at radius 2 is 1.87 bits per heavy atom. The van der Waals surface area contributed by atoms with Crippen molar-refractivity contribution in [3.63, 3.8) is 0 Å². The van der Waals surface area contributed by atoms with E-state index < -0.39 is 23.3 Å². The predicted molar refractivity (Wildman–Crippen MR) is 113 cm³/mol. The van der Waals surface area contributed by atoms with Crippen LogP contribution in [0.1, 0.15) is 5.56 Å². The van der Waals surface area contributed by atoms with Gasteiger partial charge in [0.1, 0.15) is 5.03 Å². The Balaban J connectivity index is 1.58. The number of carbonyl (C=O) groups excluding carboxylic acids is 1. The Labute approximate surface area is 183 Å². The highest BCUT2D eigenvalue weighted by Crippen LogP contribution is 2.38. The van der Waals surface area contributed by atoms with Gasteiger partial charge in [0.25, 0.3) is 0 Å². The third-order valence-corrected chi connectivity index (χ3v) is 5.54. The number of benzene rings is 2. The number of nitrogens with one attached hydrogen (secondary N) is 1. The number of fused-ring (bicyclic) bond motifs is 1. The van der Waals surface area contributed by atoms with Crippen LogP contribution in [-0.4, -0.2) is 21.6 Å². The van der Waals surface area contributed by atoms with Gasteiger partial charge in [-0.05, 0) is 30.3 Å². The Hall–Kier alpha value is -3.04. The highest BCUT2D eigenvalue weighted by atomic mass is 35.5. The molecule has 0 aliphatic carbocycles. The minimum absolute atomic E-state index is 0.179. The number of carbonyl (C=O) groups is 1. The largest absolute Gasteiger partial charge is 0.461 e. The van der Waals surface area contributed by atoms with Crippen molar-refractivity contribution in [3.05, 3.63) is 71.4 Å². The van der Waals surface area contributed by atoms with Crippen molar-refractivity contribution < 1.29 is 22.4 Å². The van der Waals surface area contributed by atoms with Gasteiger partial charge in [0.05, 0.1) is 33.8 Å². The van der Waals surface area contributed by atoms with Crippen molar-refractivity contribution in [1.29, 1.82) is 0 Å². The van der Waals surface area contributed by atoms with Crippen LogP contribution in [0.3, 0.4) is 0 Å². The van der Waals surface area contributed by atoms with Crippen molar-refractivity contribution in [2.24, 2.45) is 0 Å². The number of hydrogen-bond acceptors (Lipinski definition) is 5. The topological polar surface area (TPSA) is 68.0 Å². The number of aromatic nitrogens is 2. The molecule has 0 atom stereocenters. The van der Waals surface area contributed by atoms with Crippen LogP contribution < -0.4 is 5.32 Å². The lowest BCUT2D eigenvalue weighted by Crippen LogP contribution is -2.18. The summed E-state index contributed by atoms with van der Waals surface area (Å²) in [6.45, 7) is 0. The van der Waals surface area contributed by atoms with E-state index in [1.54, 1.807) is 24.3 Å². The Kier molecular flexibility index (Phi) is 5.88. The number of nitrogens with zero attached hydrogens (tertiary/aromatic N) is 2. The number of thioether (sulfide) groups is 1. The molecular formula is C21H13ClF3N3O2S. The maximum absolute atomic E-state index is 13.2. The molecule has 0 aliphatic rings. The summed E-state index contributed by atoms with van der Waals surface area (Å²) in [6, 6.07) is 14.0. The second kappa shape index (κ2) is 8.60. The van der Waals surface area contributed by atoms with Gasteiger partial charge in [-0.3, -0.25) is 4.79 Å². The molecule has 2 aromatic heterocycles. The zero-order valence-corrected chi connectivity index (χ0v) is 17.2. The highest BCUT2D eigenvalue weighted by Gasteiger charge is 2.34. The number of amides is 1. The van der Waals surface area contributed by atoms with Crippen molar-refractivity contribution in [2.75, 3.05) is 11.1 Å². The molecule has 0 fully saturated rings. The van der Waals surface area contributed by atoms with E-state index in [9.17, 15) is 18.0 Å². The molecule has 2 aromatic carbocycles. The molecule has 4 aromatic rings. The summed E-state index contributed by atoms with van der Waals surface area (Å²) < 4.78 is 45.1. The van der Waals surface area contributed by atoms with Gasteiger partial charge in [-0.25, -0.2) is 9.97 Å². The van der Waals surface area contributed by atoms with Crippen LogP contribution in [0.4, 0.5) is 18.9 Å². The molecule has 0 spiro atoms. The first-order chi connectivity index (χ1) is 14.8. The van der Waals surface area contributed by atoms with Crippen molar-refractivity contribution >= 4 is 45.9 Å².